The van der Waals surface area contributed by atoms with Gasteiger partial charge in [-0.3, -0.25) is 14.3 Å². The van der Waals surface area contributed by atoms with Crippen molar-refractivity contribution in [2.45, 2.75) is 39.0 Å². The third kappa shape index (κ3) is 4.14. The number of esters is 1. The van der Waals surface area contributed by atoms with Crippen molar-refractivity contribution in [1.29, 1.82) is 0 Å². The van der Waals surface area contributed by atoms with Crippen LogP contribution in [0.15, 0.2) is 45.5 Å². The predicted molar refractivity (Wildman–Crippen MR) is 110 cm³/mol. The summed E-state index contributed by atoms with van der Waals surface area (Å²) in [7, 11) is 0. The van der Waals surface area contributed by atoms with E-state index in [1.54, 1.807) is 10.1 Å². The van der Waals surface area contributed by atoms with Crippen molar-refractivity contribution < 1.29 is 9.53 Å². The number of benzene rings is 1. The lowest BCUT2D eigenvalue weighted by Gasteiger charge is -2.15. The summed E-state index contributed by atoms with van der Waals surface area (Å²) in [6.07, 6.45) is 2.07. The Balaban J connectivity index is 1.55. The molecule has 0 aliphatic carbocycles. The Bertz CT molecular complexity index is 1110. The highest BCUT2D eigenvalue weighted by atomic mass is 35.5. The monoisotopic (exact) mass is 435 g/mol. The summed E-state index contributed by atoms with van der Waals surface area (Å²) in [5, 5.41) is 2.89. The van der Waals surface area contributed by atoms with E-state index in [0.717, 1.165) is 36.3 Å². The third-order valence-electron chi connectivity index (χ3n) is 4.47. The number of fused-ring (bicyclic) bond motifs is 1. The van der Waals surface area contributed by atoms with Crippen LogP contribution < -0.4 is 9.67 Å². The van der Waals surface area contributed by atoms with Crippen LogP contribution in [0.4, 0.5) is 5.00 Å². The standard InChI is InChI=1S/C19H18ClN3O3S2/c20-15-12-27-17(21-18-22-8-4-5-9-23(22)19(25)28-18)14(15)10-16(24)26-11-13-6-2-1-3-7-13/h1-3,6-7,12H,4-5,8-11H2. The molecule has 3 aromatic rings. The second kappa shape index (κ2) is 8.46. The van der Waals surface area contributed by atoms with Gasteiger partial charge in [0.15, 0.2) is 0 Å². The van der Waals surface area contributed by atoms with Crippen molar-refractivity contribution in [1.82, 2.24) is 9.36 Å². The molecule has 9 heteroatoms. The van der Waals surface area contributed by atoms with Gasteiger partial charge in [-0.1, -0.05) is 41.9 Å². The van der Waals surface area contributed by atoms with Gasteiger partial charge in [0.2, 0.25) is 4.80 Å². The number of ether oxygens (including phenoxy) is 1. The number of carbonyl (C=O) groups excluding carboxylic acids is 1. The average Bonchev–Trinajstić information content (AvgIpc) is 3.22. The first-order chi connectivity index (χ1) is 13.6. The molecule has 0 fully saturated rings. The maximum absolute atomic E-state index is 12.3. The van der Waals surface area contributed by atoms with Gasteiger partial charge >= 0.3 is 10.8 Å². The molecule has 28 heavy (non-hydrogen) atoms. The molecule has 2 aromatic heterocycles. The van der Waals surface area contributed by atoms with Gasteiger partial charge in [-0.05, 0) is 29.7 Å². The highest BCUT2D eigenvalue weighted by molar-refractivity contribution is 7.14. The van der Waals surface area contributed by atoms with Crippen molar-refractivity contribution >= 4 is 45.2 Å². The minimum atomic E-state index is -0.361. The van der Waals surface area contributed by atoms with Gasteiger partial charge in [0.25, 0.3) is 0 Å². The second-order valence-corrected chi connectivity index (χ2v) is 8.59. The summed E-state index contributed by atoms with van der Waals surface area (Å²) in [6, 6.07) is 9.52. The summed E-state index contributed by atoms with van der Waals surface area (Å²) < 4.78 is 9.02. The zero-order chi connectivity index (χ0) is 19.5. The number of hydrogen-bond donors (Lipinski definition) is 0. The Kier molecular flexibility index (Phi) is 5.79. The maximum atomic E-state index is 12.3. The highest BCUT2D eigenvalue weighted by Crippen LogP contribution is 2.34. The Morgan fingerprint density at radius 1 is 1.18 bits per heavy atom. The van der Waals surface area contributed by atoms with Gasteiger partial charge in [0.05, 0.1) is 11.4 Å². The van der Waals surface area contributed by atoms with Gasteiger partial charge in [-0.25, -0.2) is 9.67 Å². The topological polar surface area (TPSA) is 65.6 Å². The number of halogens is 1. The van der Waals surface area contributed by atoms with Crippen molar-refractivity contribution in [2.24, 2.45) is 4.99 Å². The first-order valence-electron chi connectivity index (χ1n) is 8.93. The van der Waals surface area contributed by atoms with Crippen LogP contribution >= 0.6 is 34.3 Å². The molecule has 0 saturated heterocycles. The van der Waals surface area contributed by atoms with E-state index in [0.29, 0.717) is 26.9 Å². The largest absolute Gasteiger partial charge is 0.461 e. The number of hydrogen-bond acceptors (Lipinski definition) is 6. The minimum Gasteiger partial charge on any atom is -0.461 e. The average molecular weight is 436 g/mol. The summed E-state index contributed by atoms with van der Waals surface area (Å²) >= 11 is 8.78. The summed E-state index contributed by atoms with van der Waals surface area (Å²) in [4.78, 5) is 29.8. The lowest BCUT2D eigenvalue weighted by molar-refractivity contribution is -0.144. The fraction of sp³-hybridized carbons (Fsp3) is 0.316. The molecule has 0 N–H and O–H groups in total. The number of thiophene rings is 1. The Labute approximate surface area is 174 Å². The van der Waals surface area contributed by atoms with E-state index in [-0.39, 0.29) is 23.9 Å². The number of nitrogens with zero attached hydrogens (tertiary/aromatic N) is 3. The smallest absolute Gasteiger partial charge is 0.325 e. The Hall–Kier alpha value is -2.16. The van der Waals surface area contributed by atoms with Crippen molar-refractivity contribution in [3.05, 3.63) is 66.3 Å². The van der Waals surface area contributed by atoms with E-state index in [1.807, 2.05) is 35.0 Å². The fourth-order valence-corrected chi connectivity index (χ4v) is 5.15. The molecule has 0 saturated carbocycles. The van der Waals surface area contributed by atoms with Gasteiger partial charge in [0.1, 0.15) is 11.6 Å². The molecule has 0 radical (unpaired) electrons. The van der Waals surface area contributed by atoms with Crippen LogP contribution in [0.1, 0.15) is 24.0 Å². The Morgan fingerprint density at radius 2 is 1.93 bits per heavy atom. The molecular formula is C19H18ClN3O3S2. The molecule has 0 atom stereocenters. The molecule has 0 bridgehead atoms. The van der Waals surface area contributed by atoms with Gasteiger partial charge in [-0.2, -0.15) is 0 Å². The van der Waals surface area contributed by atoms with Crippen LogP contribution in [0, 0.1) is 0 Å². The van der Waals surface area contributed by atoms with Crippen LogP contribution in [0.3, 0.4) is 0 Å². The molecule has 6 nitrogen and oxygen atoms in total. The zero-order valence-corrected chi connectivity index (χ0v) is 17.4. The second-order valence-electron chi connectivity index (χ2n) is 6.41. The van der Waals surface area contributed by atoms with Crippen molar-refractivity contribution in [3.63, 3.8) is 0 Å². The zero-order valence-electron chi connectivity index (χ0n) is 15.0. The predicted octanol–water partition coefficient (Wildman–Crippen LogP) is 3.74. The van der Waals surface area contributed by atoms with Crippen LogP contribution in [0.2, 0.25) is 5.02 Å². The Morgan fingerprint density at radius 3 is 2.71 bits per heavy atom. The fourth-order valence-electron chi connectivity index (χ4n) is 3.04. The third-order valence-corrected chi connectivity index (χ3v) is 6.72. The first kappa shape index (κ1) is 19.2. The molecular weight excluding hydrogens is 418 g/mol. The van der Waals surface area contributed by atoms with E-state index in [1.165, 1.54) is 11.3 Å². The molecule has 0 spiro atoms. The van der Waals surface area contributed by atoms with Crippen LogP contribution in [0.5, 0.6) is 0 Å². The van der Waals surface area contributed by atoms with E-state index in [2.05, 4.69) is 4.99 Å². The van der Waals surface area contributed by atoms with Crippen LogP contribution in [-0.2, 0) is 35.6 Å². The molecule has 146 valence electrons. The summed E-state index contributed by atoms with van der Waals surface area (Å²) in [5.74, 6) is -0.361. The lowest BCUT2D eigenvalue weighted by Crippen LogP contribution is -2.31. The molecule has 0 unspecified atom stereocenters. The molecule has 3 heterocycles. The molecule has 1 aromatic carbocycles. The highest BCUT2D eigenvalue weighted by Gasteiger charge is 2.17. The maximum Gasteiger partial charge on any atom is 0.325 e. The van der Waals surface area contributed by atoms with Gasteiger partial charge in [0, 0.05) is 24.0 Å². The number of carbonyl (C=O) groups is 1. The number of rotatable bonds is 5. The van der Waals surface area contributed by atoms with Gasteiger partial charge in [-0.15, -0.1) is 11.3 Å². The number of aromatic nitrogens is 2. The molecule has 0 amide bonds. The van der Waals surface area contributed by atoms with E-state index in [9.17, 15) is 9.59 Å². The van der Waals surface area contributed by atoms with Gasteiger partial charge < -0.3 is 4.74 Å². The normalized spacial score (nSPS) is 14.1. The molecule has 1 aliphatic rings. The van der Waals surface area contributed by atoms with Crippen LogP contribution in [-0.4, -0.2) is 15.3 Å². The SMILES string of the molecule is O=C(Cc1c(Cl)csc1N=c1sc(=O)n2n1CCCC2)OCc1ccccc1. The van der Waals surface area contributed by atoms with Crippen LogP contribution in [0.25, 0.3) is 0 Å². The van der Waals surface area contributed by atoms with E-state index >= 15 is 0 Å². The van der Waals surface area contributed by atoms with Crippen molar-refractivity contribution in [2.75, 3.05) is 0 Å². The molecule has 1 aliphatic heterocycles. The molecule has 4 rings (SSSR count). The quantitative estimate of drug-likeness (QED) is 0.573. The summed E-state index contributed by atoms with van der Waals surface area (Å²) in [5.41, 5.74) is 1.57. The van der Waals surface area contributed by atoms with E-state index < -0.39 is 0 Å². The minimum absolute atomic E-state index is 0.00933. The first-order valence-corrected chi connectivity index (χ1v) is 11.0. The van der Waals surface area contributed by atoms with Crippen molar-refractivity contribution in [3.8, 4) is 0 Å². The lowest BCUT2D eigenvalue weighted by atomic mass is 10.2. The summed E-state index contributed by atoms with van der Waals surface area (Å²) in [6.45, 7) is 1.71. The van der Waals surface area contributed by atoms with E-state index in [4.69, 9.17) is 16.3 Å².